The maximum atomic E-state index is 13.4. The molecular weight excluding hydrogens is 466 g/mol. The second-order valence-corrected chi connectivity index (χ2v) is 9.19. The number of aromatic nitrogens is 6. The van der Waals surface area contributed by atoms with Crippen LogP contribution in [0.25, 0.3) is 17.4 Å². The van der Waals surface area contributed by atoms with Crippen molar-refractivity contribution >= 4 is 17.5 Å². The smallest absolute Gasteiger partial charge is 0.251 e. The van der Waals surface area contributed by atoms with Gasteiger partial charge < -0.3 is 9.32 Å². The van der Waals surface area contributed by atoms with Crippen molar-refractivity contribution in [3.8, 4) is 17.4 Å². The zero-order valence-corrected chi connectivity index (χ0v) is 21.5. The summed E-state index contributed by atoms with van der Waals surface area (Å²) in [6.07, 6.45) is 0.187. The molecule has 3 aromatic heterocycles. The molecule has 0 aliphatic carbocycles. The molecule has 0 N–H and O–H groups in total. The van der Waals surface area contributed by atoms with Crippen LogP contribution in [0.2, 0.25) is 5.02 Å². The molecule has 4 rings (SSSR count). The number of carbonyl (C=O) groups excluding carboxylic acids is 1. The van der Waals surface area contributed by atoms with Gasteiger partial charge in [0.2, 0.25) is 17.7 Å². The van der Waals surface area contributed by atoms with Crippen LogP contribution < -0.4 is 0 Å². The van der Waals surface area contributed by atoms with Gasteiger partial charge in [-0.3, -0.25) is 4.79 Å². The van der Waals surface area contributed by atoms with Gasteiger partial charge in [0.05, 0.1) is 29.2 Å². The topological polar surface area (TPSA) is 103 Å². The number of amides is 1. The third kappa shape index (κ3) is 5.24. The Morgan fingerprint density at radius 1 is 1.09 bits per heavy atom. The van der Waals surface area contributed by atoms with Gasteiger partial charge in [0.25, 0.3) is 5.95 Å². The Morgan fingerprint density at radius 2 is 1.77 bits per heavy atom. The summed E-state index contributed by atoms with van der Waals surface area (Å²) in [5.41, 5.74) is 4.83. The minimum absolute atomic E-state index is 0.0652. The Hall–Kier alpha value is -3.59. The van der Waals surface area contributed by atoms with E-state index in [0.717, 1.165) is 28.3 Å². The largest absolute Gasteiger partial charge is 0.419 e. The Kier molecular flexibility index (Phi) is 6.98. The van der Waals surface area contributed by atoms with Crippen molar-refractivity contribution in [3.05, 3.63) is 69.6 Å². The minimum atomic E-state index is -0.0726. The predicted octanol–water partition coefficient (Wildman–Crippen LogP) is 4.58. The number of halogens is 1. The van der Waals surface area contributed by atoms with Crippen LogP contribution in [0.4, 0.5) is 0 Å². The number of nitrogens with zero attached hydrogens (tertiary/aromatic N) is 7. The second kappa shape index (κ2) is 9.95. The molecule has 0 saturated carbocycles. The molecule has 10 heteroatoms. The lowest BCUT2D eigenvalue weighted by atomic mass is 10.1. The number of hydrogen-bond acceptors (Lipinski definition) is 7. The first-order valence-corrected chi connectivity index (χ1v) is 11.8. The highest BCUT2D eigenvalue weighted by atomic mass is 35.5. The third-order valence-corrected chi connectivity index (χ3v) is 6.08. The number of rotatable bonds is 7. The Bertz CT molecular complexity index is 1360. The van der Waals surface area contributed by atoms with E-state index in [-0.39, 0.29) is 24.9 Å². The molecule has 3 heterocycles. The van der Waals surface area contributed by atoms with Gasteiger partial charge in [-0.25, -0.2) is 14.6 Å². The molecule has 0 radical (unpaired) electrons. The first kappa shape index (κ1) is 24.5. The van der Waals surface area contributed by atoms with Gasteiger partial charge in [0.1, 0.15) is 0 Å². The number of benzene rings is 1. The second-order valence-electron chi connectivity index (χ2n) is 8.78. The first-order valence-electron chi connectivity index (χ1n) is 11.4. The van der Waals surface area contributed by atoms with Crippen molar-refractivity contribution in [3.63, 3.8) is 0 Å². The molecule has 0 aliphatic heterocycles. The molecule has 0 spiro atoms. The van der Waals surface area contributed by atoms with Gasteiger partial charge in [-0.1, -0.05) is 23.7 Å². The fourth-order valence-electron chi connectivity index (χ4n) is 3.95. The quantitative estimate of drug-likeness (QED) is 0.371. The molecule has 1 aromatic carbocycles. The molecule has 1 amide bonds. The lowest BCUT2D eigenvalue weighted by Crippen LogP contribution is -2.37. The van der Waals surface area contributed by atoms with Gasteiger partial charge in [0, 0.05) is 28.7 Å². The van der Waals surface area contributed by atoms with E-state index in [2.05, 4.69) is 25.3 Å². The molecule has 0 aliphatic rings. The van der Waals surface area contributed by atoms with Crippen LogP contribution >= 0.6 is 11.6 Å². The van der Waals surface area contributed by atoms with E-state index >= 15 is 0 Å². The van der Waals surface area contributed by atoms with Crippen LogP contribution in [0, 0.1) is 27.7 Å². The average Bonchev–Trinajstić information content (AvgIpc) is 3.36. The minimum Gasteiger partial charge on any atom is -0.419 e. The first-order chi connectivity index (χ1) is 16.6. The van der Waals surface area contributed by atoms with Gasteiger partial charge in [-0.2, -0.15) is 5.10 Å². The summed E-state index contributed by atoms with van der Waals surface area (Å²) >= 11 is 6.25. The van der Waals surface area contributed by atoms with Crippen LogP contribution in [0.5, 0.6) is 0 Å². The Morgan fingerprint density at radius 3 is 2.43 bits per heavy atom. The number of carbonyl (C=O) groups is 1. The van der Waals surface area contributed by atoms with Crippen molar-refractivity contribution in [1.29, 1.82) is 0 Å². The third-order valence-electron chi connectivity index (χ3n) is 5.75. The molecule has 0 saturated heterocycles. The molecule has 0 atom stereocenters. The van der Waals surface area contributed by atoms with Crippen molar-refractivity contribution in [2.45, 2.75) is 60.5 Å². The van der Waals surface area contributed by atoms with Crippen LogP contribution in [0.3, 0.4) is 0 Å². The average molecular weight is 494 g/mol. The summed E-state index contributed by atoms with van der Waals surface area (Å²) in [4.78, 5) is 24.1. The van der Waals surface area contributed by atoms with Gasteiger partial charge in [0.15, 0.2) is 0 Å². The highest BCUT2D eigenvalue weighted by Crippen LogP contribution is 2.27. The van der Waals surface area contributed by atoms with E-state index < -0.39 is 0 Å². The summed E-state index contributed by atoms with van der Waals surface area (Å²) in [7, 11) is 0. The van der Waals surface area contributed by atoms with Crippen molar-refractivity contribution in [2.75, 3.05) is 0 Å². The summed E-state index contributed by atoms with van der Waals surface area (Å²) < 4.78 is 7.53. The zero-order valence-electron chi connectivity index (χ0n) is 20.7. The summed E-state index contributed by atoms with van der Waals surface area (Å²) in [5, 5.41) is 13.4. The lowest BCUT2D eigenvalue weighted by Gasteiger charge is -2.25. The molecule has 0 fully saturated rings. The molecule has 35 heavy (non-hydrogen) atoms. The SMILES string of the molecule is Cc1cc(C)nc(-n2nc(C)c(CC(=O)N(Cc3nnc(-c4ccccc4Cl)o3)C(C)C)c2C)n1. The van der Waals surface area contributed by atoms with Crippen molar-refractivity contribution in [1.82, 2.24) is 34.8 Å². The Balaban J connectivity index is 1.55. The summed E-state index contributed by atoms with van der Waals surface area (Å²) in [6, 6.07) is 9.10. The number of aryl methyl sites for hydroxylation is 3. The van der Waals surface area contributed by atoms with E-state index in [1.165, 1.54) is 0 Å². The lowest BCUT2D eigenvalue weighted by molar-refractivity contribution is -0.133. The van der Waals surface area contributed by atoms with Gasteiger partial charge in [-0.15, -0.1) is 10.2 Å². The van der Waals surface area contributed by atoms with E-state index in [4.69, 9.17) is 16.0 Å². The maximum absolute atomic E-state index is 13.4. The van der Waals surface area contributed by atoms with E-state index in [1.54, 1.807) is 15.6 Å². The van der Waals surface area contributed by atoms with Crippen LogP contribution in [0.15, 0.2) is 34.7 Å². The fraction of sp³-hybridized carbons (Fsp3) is 0.360. The van der Waals surface area contributed by atoms with Gasteiger partial charge in [-0.05, 0) is 59.7 Å². The van der Waals surface area contributed by atoms with E-state index in [0.29, 0.717) is 28.3 Å². The molecule has 4 aromatic rings. The molecular formula is C25H28ClN7O2. The standard InChI is InChI=1S/C25H28ClN7O2/c1-14(2)32(13-22-29-30-24(35-22)19-9-7-8-10-21(19)26)23(34)12-20-17(5)31-33(18(20)6)25-27-15(3)11-16(4)28-25/h7-11,14H,12-13H2,1-6H3. The predicted molar refractivity (Wildman–Crippen MR) is 132 cm³/mol. The van der Waals surface area contributed by atoms with Crippen LogP contribution in [-0.2, 0) is 17.8 Å². The highest BCUT2D eigenvalue weighted by Gasteiger charge is 2.24. The summed E-state index contributed by atoms with van der Waals surface area (Å²) in [5.74, 6) is 1.10. The molecule has 9 nitrogen and oxygen atoms in total. The maximum Gasteiger partial charge on any atom is 0.251 e. The van der Waals surface area contributed by atoms with Gasteiger partial charge >= 0.3 is 0 Å². The molecule has 0 bridgehead atoms. The number of hydrogen-bond donors (Lipinski definition) is 0. The van der Waals surface area contributed by atoms with Crippen molar-refractivity contribution in [2.24, 2.45) is 0 Å². The zero-order chi connectivity index (χ0) is 25.3. The van der Waals surface area contributed by atoms with E-state index in [1.807, 2.05) is 65.8 Å². The van der Waals surface area contributed by atoms with Crippen LogP contribution in [0.1, 0.15) is 48.1 Å². The summed E-state index contributed by atoms with van der Waals surface area (Å²) in [6.45, 7) is 11.8. The van der Waals surface area contributed by atoms with E-state index in [9.17, 15) is 4.79 Å². The van der Waals surface area contributed by atoms with Crippen LogP contribution in [-0.4, -0.2) is 46.8 Å². The molecule has 182 valence electrons. The van der Waals surface area contributed by atoms with Crippen molar-refractivity contribution < 1.29 is 9.21 Å². The highest BCUT2D eigenvalue weighted by molar-refractivity contribution is 6.33. The molecule has 0 unspecified atom stereocenters. The monoisotopic (exact) mass is 493 g/mol. The Labute approximate surface area is 209 Å². The fourth-order valence-corrected chi connectivity index (χ4v) is 4.16. The normalized spacial score (nSPS) is 11.3.